The van der Waals surface area contributed by atoms with Crippen LogP contribution in [0.2, 0.25) is 0 Å². The molecule has 0 saturated carbocycles. The quantitative estimate of drug-likeness (QED) is 0.421. The number of piperazine rings is 1. The molecule has 8 nitrogen and oxygen atoms in total. The number of rotatable bonds is 6. The Bertz CT molecular complexity index is 1430. The zero-order valence-electron chi connectivity index (χ0n) is 19.5. The van der Waals surface area contributed by atoms with E-state index in [1.165, 1.54) is 11.3 Å². The van der Waals surface area contributed by atoms with E-state index < -0.39 is 10.0 Å². The van der Waals surface area contributed by atoms with Crippen LogP contribution >= 0.6 is 11.3 Å². The van der Waals surface area contributed by atoms with Crippen molar-refractivity contribution >= 4 is 49.0 Å². The number of nitrogens with one attached hydrogen (secondary N) is 1. The van der Waals surface area contributed by atoms with Gasteiger partial charge in [0.15, 0.2) is 5.13 Å². The predicted molar refractivity (Wildman–Crippen MR) is 139 cm³/mol. The van der Waals surface area contributed by atoms with Gasteiger partial charge >= 0.3 is 0 Å². The number of thiazole rings is 1. The van der Waals surface area contributed by atoms with Gasteiger partial charge in [-0.3, -0.25) is 9.52 Å². The lowest BCUT2D eigenvalue weighted by Crippen LogP contribution is -2.55. The molecule has 1 aliphatic rings. The molecule has 1 amide bonds. The molecule has 182 valence electrons. The molecule has 10 heteroatoms. The number of amides is 1. The summed E-state index contributed by atoms with van der Waals surface area (Å²) in [7, 11) is -3.68. The van der Waals surface area contributed by atoms with E-state index in [9.17, 15) is 13.2 Å². The summed E-state index contributed by atoms with van der Waals surface area (Å²) in [6, 6.07) is 16.7. The van der Waals surface area contributed by atoms with Crippen molar-refractivity contribution in [3.05, 3.63) is 72.4 Å². The standard InChI is InChI=1S/C25H27N5O3S2/c1-18-17-28(21-7-9-22(10-8-21)35(32,33)27-25-26-12-16-34-25)14-15-29(18)24(31)19(2)30-13-11-20-5-3-4-6-23(20)30/h3-13,16,18-19H,14-15,17H2,1-2H3,(H,26,27)/t18?,19-/m0/s1. The number of sulfonamides is 1. The molecule has 35 heavy (non-hydrogen) atoms. The third-order valence-electron chi connectivity index (χ3n) is 6.48. The number of nitrogens with zero attached hydrogens (tertiary/aromatic N) is 4. The molecular formula is C25H27N5O3S2. The molecular weight excluding hydrogens is 482 g/mol. The van der Waals surface area contributed by atoms with Crippen molar-refractivity contribution < 1.29 is 13.2 Å². The van der Waals surface area contributed by atoms with Gasteiger partial charge in [-0.15, -0.1) is 11.3 Å². The molecule has 4 aromatic rings. The average Bonchev–Trinajstić information content (AvgIpc) is 3.53. The lowest BCUT2D eigenvalue weighted by atomic mass is 10.1. The summed E-state index contributed by atoms with van der Waals surface area (Å²) < 4.78 is 29.7. The first kappa shape index (κ1) is 23.4. The molecule has 0 spiro atoms. The summed E-state index contributed by atoms with van der Waals surface area (Å²) in [5.41, 5.74) is 1.99. The summed E-state index contributed by atoms with van der Waals surface area (Å²) in [4.78, 5) is 21.7. The van der Waals surface area contributed by atoms with Crippen molar-refractivity contribution in [3.8, 4) is 0 Å². The number of aromatic nitrogens is 2. The molecule has 5 rings (SSSR count). The maximum Gasteiger partial charge on any atom is 0.263 e. The molecule has 1 fully saturated rings. The van der Waals surface area contributed by atoms with Gasteiger partial charge in [-0.2, -0.15) is 0 Å². The van der Waals surface area contributed by atoms with E-state index in [-0.39, 0.29) is 22.9 Å². The fourth-order valence-corrected chi connectivity index (χ4v) is 6.39. The van der Waals surface area contributed by atoms with Gasteiger partial charge in [-0.05, 0) is 55.6 Å². The number of hydrogen-bond acceptors (Lipinski definition) is 6. The molecule has 0 radical (unpaired) electrons. The Morgan fingerprint density at radius 1 is 1.11 bits per heavy atom. The molecule has 1 N–H and O–H groups in total. The number of carbonyl (C=O) groups excluding carboxylic acids is 1. The van der Waals surface area contributed by atoms with Gasteiger partial charge in [0.25, 0.3) is 10.0 Å². The second-order valence-electron chi connectivity index (χ2n) is 8.72. The summed E-state index contributed by atoms with van der Waals surface area (Å²) in [6.45, 7) is 5.97. The third-order valence-corrected chi connectivity index (χ3v) is 8.65. The minimum atomic E-state index is -3.68. The Hall–Kier alpha value is -3.37. The molecule has 3 heterocycles. The van der Waals surface area contributed by atoms with Crippen molar-refractivity contribution in [2.75, 3.05) is 29.3 Å². The predicted octanol–water partition coefficient (Wildman–Crippen LogP) is 4.20. The molecule has 0 bridgehead atoms. The van der Waals surface area contributed by atoms with Crippen LogP contribution in [0.25, 0.3) is 10.9 Å². The van der Waals surface area contributed by atoms with Crippen LogP contribution in [0.15, 0.2) is 77.3 Å². The lowest BCUT2D eigenvalue weighted by Gasteiger charge is -2.42. The van der Waals surface area contributed by atoms with E-state index in [1.807, 2.05) is 59.0 Å². The fraction of sp³-hybridized carbons (Fsp3) is 0.280. The fourth-order valence-electron chi connectivity index (χ4n) is 4.60. The maximum absolute atomic E-state index is 13.4. The van der Waals surface area contributed by atoms with Crippen molar-refractivity contribution in [2.45, 2.75) is 30.8 Å². The summed E-state index contributed by atoms with van der Waals surface area (Å²) >= 11 is 1.23. The number of benzene rings is 2. The highest BCUT2D eigenvalue weighted by molar-refractivity contribution is 7.93. The van der Waals surface area contributed by atoms with Crippen LogP contribution < -0.4 is 9.62 Å². The topological polar surface area (TPSA) is 87.5 Å². The Morgan fingerprint density at radius 3 is 2.60 bits per heavy atom. The van der Waals surface area contributed by atoms with Crippen molar-refractivity contribution in [2.24, 2.45) is 0 Å². The SMILES string of the molecule is CC1CN(c2ccc(S(=O)(=O)Nc3nccs3)cc2)CCN1C(=O)[C@H](C)n1ccc2ccccc21. The molecule has 1 unspecified atom stereocenters. The Kier molecular flexibility index (Phi) is 6.24. The van der Waals surface area contributed by atoms with E-state index in [2.05, 4.69) is 27.6 Å². The van der Waals surface area contributed by atoms with Crippen LogP contribution in [0.3, 0.4) is 0 Å². The highest BCUT2D eigenvalue weighted by Gasteiger charge is 2.31. The zero-order chi connectivity index (χ0) is 24.6. The van der Waals surface area contributed by atoms with E-state index in [4.69, 9.17) is 0 Å². The zero-order valence-corrected chi connectivity index (χ0v) is 21.2. The van der Waals surface area contributed by atoms with E-state index >= 15 is 0 Å². The van der Waals surface area contributed by atoms with Gasteiger partial charge < -0.3 is 14.4 Å². The van der Waals surface area contributed by atoms with Crippen LogP contribution in [0, 0.1) is 0 Å². The van der Waals surface area contributed by atoms with Gasteiger partial charge in [0.2, 0.25) is 5.91 Å². The average molecular weight is 510 g/mol. The highest BCUT2D eigenvalue weighted by atomic mass is 32.2. The Balaban J connectivity index is 1.25. The smallest absolute Gasteiger partial charge is 0.263 e. The van der Waals surface area contributed by atoms with Gasteiger partial charge in [-0.25, -0.2) is 13.4 Å². The third kappa shape index (κ3) is 4.63. The number of hydrogen-bond donors (Lipinski definition) is 1. The molecule has 0 aliphatic carbocycles. The summed E-state index contributed by atoms with van der Waals surface area (Å²) in [5, 5.41) is 3.18. The maximum atomic E-state index is 13.4. The number of anilines is 2. The van der Waals surface area contributed by atoms with Gasteiger partial charge in [0.1, 0.15) is 6.04 Å². The van der Waals surface area contributed by atoms with Gasteiger partial charge in [0.05, 0.1) is 4.90 Å². The molecule has 1 aliphatic heterocycles. The largest absolute Gasteiger partial charge is 0.368 e. The lowest BCUT2D eigenvalue weighted by molar-refractivity contribution is -0.136. The normalized spacial score (nSPS) is 17.5. The minimum Gasteiger partial charge on any atom is -0.368 e. The van der Waals surface area contributed by atoms with Crippen molar-refractivity contribution in [3.63, 3.8) is 0 Å². The van der Waals surface area contributed by atoms with Crippen molar-refractivity contribution in [1.82, 2.24) is 14.5 Å². The summed E-state index contributed by atoms with van der Waals surface area (Å²) in [5.74, 6) is 0.105. The van der Waals surface area contributed by atoms with Crippen LogP contribution in [0.5, 0.6) is 0 Å². The number of fused-ring (bicyclic) bond motifs is 1. The van der Waals surface area contributed by atoms with Crippen LogP contribution in [0.1, 0.15) is 19.9 Å². The van der Waals surface area contributed by atoms with E-state index in [0.29, 0.717) is 24.8 Å². The van der Waals surface area contributed by atoms with E-state index in [1.54, 1.807) is 23.7 Å². The summed E-state index contributed by atoms with van der Waals surface area (Å²) in [6.07, 6.45) is 3.53. The van der Waals surface area contributed by atoms with E-state index in [0.717, 1.165) is 16.6 Å². The molecule has 2 atom stereocenters. The monoisotopic (exact) mass is 509 g/mol. The first-order valence-electron chi connectivity index (χ1n) is 11.5. The molecule has 2 aromatic heterocycles. The first-order valence-corrected chi connectivity index (χ1v) is 13.8. The number of carbonyl (C=O) groups is 1. The van der Waals surface area contributed by atoms with Gasteiger partial charge in [0, 0.05) is 54.7 Å². The van der Waals surface area contributed by atoms with Crippen LogP contribution in [-0.2, 0) is 14.8 Å². The van der Waals surface area contributed by atoms with Gasteiger partial charge in [-0.1, -0.05) is 18.2 Å². The second-order valence-corrected chi connectivity index (χ2v) is 11.3. The van der Waals surface area contributed by atoms with Crippen molar-refractivity contribution in [1.29, 1.82) is 0 Å². The number of para-hydroxylation sites is 1. The minimum absolute atomic E-state index is 0.0236. The van der Waals surface area contributed by atoms with Crippen LogP contribution in [0.4, 0.5) is 10.8 Å². The Labute approximate surface area is 208 Å². The second kappa shape index (κ2) is 9.35. The first-order chi connectivity index (χ1) is 16.8. The van der Waals surface area contributed by atoms with Crippen LogP contribution in [-0.4, -0.2) is 54.5 Å². The molecule has 2 aromatic carbocycles. The highest BCUT2D eigenvalue weighted by Crippen LogP contribution is 2.26. The Morgan fingerprint density at radius 2 is 1.89 bits per heavy atom. The molecule has 1 saturated heterocycles.